The van der Waals surface area contributed by atoms with E-state index in [4.69, 9.17) is 0 Å². The van der Waals surface area contributed by atoms with E-state index in [1.807, 2.05) is 36.1 Å². The fourth-order valence-electron chi connectivity index (χ4n) is 4.56. The molecular formula is C24H29BrN4O3S. The minimum Gasteiger partial charge on any atom is -0.346 e. The van der Waals surface area contributed by atoms with Gasteiger partial charge >= 0.3 is 0 Å². The fourth-order valence-corrected chi connectivity index (χ4v) is 5.85. The summed E-state index contributed by atoms with van der Waals surface area (Å²) in [4.78, 5) is 44.7. The lowest BCUT2D eigenvalue weighted by Crippen LogP contribution is -2.44. The molecule has 7 nitrogen and oxygen atoms in total. The van der Waals surface area contributed by atoms with Crippen LogP contribution in [0.25, 0.3) is 0 Å². The van der Waals surface area contributed by atoms with E-state index in [0.717, 1.165) is 41.0 Å². The minimum absolute atomic E-state index is 0.0307. The molecule has 3 heterocycles. The molecule has 0 aliphatic carbocycles. The lowest BCUT2D eigenvalue weighted by atomic mass is 10.0. The maximum absolute atomic E-state index is 13.1. The Hall–Kier alpha value is -2.23. The van der Waals surface area contributed by atoms with Crippen molar-refractivity contribution < 1.29 is 14.4 Å². The van der Waals surface area contributed by atoms with E-state index in [2.05, 4.69) is 40.2 Å². The monoisotopic (exact) mass is 532 g/mol. The van der Waals surface area contributed by atoms with E-state index in [9.17, 15) is 14.4 Å². The fraction of sp³-hybridized carbons (Fsp3) is 0.458. The largest absolute Gasteiger partial charge is 0.346 e. The summed E-state index contributed by atoms with van der Waals surface area (Å²) in [6.07, 6.45) is 2.22. The van der Waals surface area contributed by atoms with Crippen molar-refractivity contribution in [2.75, 3.05) is 38.6 Å². The van der Waals surface area contributed by atoms with Crippen LogP contribution in [0, 0.1) is 6.92 Å². The number of benzene rings is 1. The summed E-state index contributed by atoms with van der Waals surface area (Å²) in [5.41, 5.74) is 2.30. The first-order chi connectivity index (χ1) is 15.7. The molecule has 2 saturated heterocycles. The van der Waals surface area contributed by atoms with Crippen molar-refractivity contribution in [1.29, 1.82) is 0 Å². The van der Waals surface area contributed by atoms with Gasteiger partial charge in [-0.1, -0.05) is 0 Å². The van der Waals surface area contributed by atoms with Crippen LogP contribution in [-0.4, -0.2) is 73.3 Å². The average molecular weight is 533 g/mol. The molecule has 176 valence electrons. The molecule has 2 aromatic rings. The number of anilines is 1. The molecular weight excluding hydrogens is 504 g/mol. The van der Waals surface area contributed by atoms with Crippen LogP contribution < -0.4 is 10.2 Å². The van der Waals surface area contributed by atoms with Crippen LogP contribution in [0.1, 0.15) is 44.9 Å². The van der Waals surface area contributed by atoms with Crippen molar-refractivity contribution in [3.63, 3.8) is 0 Å². The van der Waals surface area contributed by atoms with Gasteiger partial charge in [-0.3, -0.25) is 14.4 Å². The van der Waals surface area contributed by atoms with Crippen molar-refractivity contribution in [2.45, 2.75) is 38.3 Å². The standard InChI is InChI=1S/C24H29BrN4O3S/c1-15-12-18(4-5-19(15)24(32)28-10-8-17(9-11-28)27(2)3)29-14-16(13-22(29)30)26-23(31)20-6-7-21(25)33-20/h4-7,12,16-17H,8-11,13-14H2,1-3H3,(H,26,31). The zero-order chi connectivity index (χ0) is 23.7. The number of carbonyl (C=O) groups excluding carboxylic acids is 3. The number of carbonyl (C=O) groups is 3. The van der Waals surface area contributed by atoms with Crippen LogP contribution in [0.4, 0.5) is 5.69 Å². The number of nitrogens with one attached hydrogen (secondary N) is 1. The van der Waals surface area contributed by atoms with Crippen LogP contribution in [0.5, 0.6) is 0 Å². The molecule has 2 aliphatic heterocycles. The number of rotatable bonds is 5. The third kappa shape index (κ3) is 5.31. The van der Waals surface area contributed by atoms with Crippen molar-refractivity contribution in [3.8, 4) is 0 Å². The van der Waals surface area contributed by atoms with E-state index >= 15 is 0 Å². The van der Waals surface area contributed by atoms with E-state index in [-0.39, 0.29) is 30.2 Å². The number of amides is 3. The number of thiophene rings is 1. The number of hydrogen-bond donors (Lipinski definition) is 1. The van der Waals surface area contributed by atoms with Crippen molar-refractivity contribution in [2.24, 2.45) is 0 Å². The smallest absolute Gasteiger partial charge is 0.261 e. The van der Waals surface area contributed by atoms with Gasteiger partial charge in [0, 0.05) is 43.3 Å². The van der Waals surface area contributed by atoms with E-state index < -0.39 is 0 Å². The van der Waals surface area contributed by atoms with Crippen molar-refractivity contribution in [3.05, 3.63) is 50.1 Å². The third-order valence-electron chi connectivity index (χ3n) is 6.49. The number of aryl methyl sites for hydroxylation is 1. The van der Waals surface area contributed by atoms with Gasteiger partial charge in [-0.2, -0.15) is 0 Å². The molecule has 1 aromatic heterocycles. The van der Waals surface area contributed by atoms with Crippen LogP contribution in [0.2, 0.25) is 0 Å². The molecule has 1 unspecified atom stereocenters. The number of nitrogens with zero attached hydrogens (tertiary/aromatic N) is 3. The Bertz CT molecular complexity index is 1060. The van der Waals surface area contributed by atoms with Gasteiger partial charge in [-0.05, 0) is 85.7 Å². The second kappa shape index (κ2) is 9.95. The highest BCUT2D eigenvalue weighted by Gasteiger charge is 2.33. The summed E-state index contributed by atoms with van der Waals surface area (Å²) < 4.78 is 0.893. The summed E-state index contributed by atoms with van der Waals surface area (Å²) >= 11 is 4.73. The Morgan fingerprint density at radius 1 is 1.15 bits per heavy atom. The molecule has 0 radical (unpaired) electrons. The van der Waals surface area contributed by atoms with Gasteiger partial charge < -0.3 is 20.0 Å². The zero-order valence-electron chi connectivity index (χ0n) is 19.1. The number of hydrogen-bond acceptors (Lipinski definition) is 5. The molecule has 33 heavy (non-hydrogen) atoms. The summed E-state index contributed by atoms with van der Waals surface area (Å²) in [6, 6.07) is 9.44. The van der Waals surface area contributed by atoms with Gasteiger partial charge in [0.1, 0.15) is 0 Å². The summed E-state index contributed by atoms with van der Waals surface area (Å²) in [7, 11) is 4.17. The average Bonchev–Trinajstić information content (AvgIpc) is 3.38. The molecule has 1 atom stereocenters. The normalized spacial score (nSPS) is 19.4. The highest BCUT2D eigenvalue weighted by molar-refractivity contribution is 9.11. The first-order valence-corrected chi connectivity index (χ1v) is 12.8. The summed E-state index contributed by atoms with van der Waals surface area (Å²) in [5.74, 6) is -0.145. The molecule has 2 aliphatic rings. The third-order valence-corrected chi connectivity index (χ3v) is 8.11. The molecule has 1 N–H and O–H groups in total. The maximum Gasteiger partial charge on any atom is 0.261 e. The molecule has 4 rings (SSSR count). The Balaban J connectivity index is 1.40. The predicted molar refractivity (Wildman–Crippen MR) is 134 cm³/mol. The van der Waals surface area contributed by atoms with Crippen molar-refractivity contribution in [1.82, 2.24) is 15.1 Å². The Labute approximate surface area is 206 Å². The summed E-state index contributed by atoms with van der Waals surface area (Å²) in [6.45, 7) is 3.85. The van der Waals surface area contributed by atoms with E-state index in [0.29, 0.717) is 23.0 Å². The van der Waals surface area contributed by atoms with E-state index in [1.54, 1.807) is 11.0 Å². The Morgan fingerprint density at radius 2 is 1.88 bits per heavy atom. The Kier molecular flexibility index (Phi) is 7.21. The van der Waals surface area contributed by atoms with E-state index in [1.165, 1.54) is 11.3 Å². The molecule has 9 heteroatoms. The van der Waals surface area contributed by atoms with Gasteiger partial charge in [0.15, 0.2) is 0 Å². The van der Waals surface area contributed by atoms with Crippen LogP contribution in [-0.2, 0) is 4.79 Å². The quantitative estimate of drug-likeness (QED) is 0.639. The minimum atomic E-state index is -0.245. The molecule has 0 saturated carbocycles. The maximum atomic E-state index is 13.1. The summed E-state index contributed by atoms with van der Waals surface area (Å²) in [5, 5.41) is 2.96. The topological polar surface area (TPSA) is 73.0 Å². The van der Waals surface area contributed by atoms with Gasteiger partial charge in [0.25, 0.3) is 11.8 Å². The van der Waals surface area contributed by atoms with Gasteiger partial charge in [0.2, 0.25) is 5.91 Å². The molecule has 0 spiro atoms. The number of likely N-dealkylation sites (tertiary alicyclic amines) is 1. The van der Waals surface area contributed by atoms with Gasteiger partial charge in [-0.25, -0.2) is 0 Å². The Morgan fingerprint density at radius 3 is 2.48 bits per heavy atom. The highest BCUT2D eigenvalue weighted by atomic mass is 79.9. The predicted octanol–water partition coefficient (Wildman–Crippen LogP) is 3.52. The van der Waals surface area contributed by atoms with Crippen LogP contribution in [0.3, 0.4) is 0 Å². The molecule has 3 amide bonds. The lowest BCUT2D eigenvalue weighted by Gasteiger charge is -2.35. The SMILES string of the molecule is Cc1cc(N2CC(NC(=O)c3ccc(Br)s3)CC2=O)ccc1C(=O)N1CCC(N(C)C)CC1. The van der Waals surface area contributed by atoms with Gasteiger partial charge in [0.05, 0.1) is 14.7 Å². The highest BCUT2D eigenvalue weighted by Crippen LogP contribution is 2.27. The molecule has 2 fully saturated rings. The van der Waals surface area contributed by atoms with Gasteiger partial charge in [-0.15, -0.1) is 11.3 Å². The second-order valence-corrected chi connectivity index (χ2v) is 11.4. The zero-order valence-corrected chi connectivity index (χ0v) is 21.5. The van der Waals surface area contributed by atoms with Crippen LogP contribution >= 0.6 is 27.3 Å². The van der Waals surface area contributed by atoms with Crippen LogP contribution in [0.15, 0.2) is 34.1 Å². The second-order valence-electron chi connectivity index (χ2n) is 8.97. The number of piperidine rings is 1. The lowest BCUT2D eigenvalue weighted by molar-refractivity contribution is -0.117. The molecule has 1 aromatic carbocycles. The number of halogens is 1. The van der Waals surface area contributed by atoms with Crippen molar-refractivity contribution >= 4 is 50.7 Å². The molecule has 0 bridgehead atoms. The first-order valence-electron chi connectivity index (χ1n) is 11.2. The first kappa shape index (κ1) is 23.9.